The van der Waals surface area contributed by atoms with Gasteiger partial charge in [0.25, 0.3) is 0 Å². The smallest absolute Gasteiger partial charge is 0.226 e. The highest BCUT2D eigenvalue weighted by Crippen LogP contribution is 2.19. The van der Waals surface area contributed by atoms with E-state index in [1.807, 2.05) is 18.2 Å². The van der Waals surface area contributed by atoms with Gasteiger partial charge in [0.05, 0.1) is 11.7 Å². The summed E-state index contributed by atoms with van der Waals surface area (Å²) in [5.74, 6) is -0.330. The van der Waals surface area contributed by atoms with Crippen LogP contribution in [0.25, 0.3) is 0 Å². The summed E-state index contributed by atoms with van der Waals surface area (Å²) in [6.45, 7) is 6.95. The topological polar surface area (TPSA) is 65.5 Å². The highest BCUT2D eigenvalue weighted by atomic mass is 16.2. The number of aromatic nitrogens is 1. The molecule has 148 valence electrons. The lowest BCUT2D eigenvalue weighted by Crippen LogP contribution is -2.43. The molecular weight excluding hydrogens is 352 g/mol. The van der Waals surface area contributed by atoms with Gasteiger partial charge in [0.15, 0.2) is 0 Å². The summed E-state index contributed by atoms with van der Waals surface area (Å²) < 4.78 is 0. The first-order chi connectivity index (χ1) is 13.5. The summed E-state index contributed by atoms with van der Waals surface area (Å²) in [5.41, 5.74) is 3.51. The summed E-state index contributed by atoms with van der Waals surface area (Å²) in [7, 11) is 0. The predicted molar refractivity (Wildman–Crippen MR) is 108 cm³/mol. The monoisotopic (exact) mass is 380 g/mol. The number of amides is 2. The van der Waals surface area contributed by atoms with Crippen molar-refractivity contribution < 1.29 is 9.59 Å². The van der Waals surface area contributed by atoms with Crippen LogP contribution in [0.5, 0.6) is 0 Å². The minimum absolute atomic E-state index is 0.00920. The fourth-order valence-corrected chi connectivity index (χ4v) is 3.76. The molecular formula is C22H28N4O2. The number of benzene rings is 1. The lowest BCUT2D eigenvalue weighted by molar-refractivity contribution is -0.144. The Morgan fingerprint density at radius 1 is 1.07 bits per heavy atom. The first kappa shape index (κ1) is 20.2. The third kappa shape index (κ3) is 5.47. The normalized spacial score (nSPS) is 16.9. The van der Waals surface area contributed by atoms with Crippen LogP contribution in [0.1, 0.15) is 37.1 Å². The molecule has 6 heteroatoms. The average molecular weight is 380 g/mol. The van der Waals surface area contributed by atoms with Crippen LogP contribution < -0.4 is 5.32 Å². The van der Waals surface area contributed by atoms with Crippen LogP contribution in [-0.4, -0.2) is 45.7 Å². The quantitative estimate of drug-likeness (QED) is 0.799. The zero-order chi connectivity index (χ0) is 19.9. The third-order valence-electron chi connectivity index (χ3n) is 5.08. The van der Waals surface area contributed by atoms with Crippen molar-refractivity contribution in [2.45, 2.75) is 45.9 Å². The molecule has 1 unspecified atom stereocenters. The number of nitrogens with zero attached hydrogens (tertiary/aromatic N) is 3. The van der Waals surface area contributed by atoms with Gasteiger partial charge in [0.2, 0.25) is 11.8 Å². The number of imide groups is 1. The Kier molecular flexibility index (Phi) is 6.90. The van der Waals surface area contributed by atoms with Crippen molar-refractivity contribution >= 4 is 11.8 Å². The summed E-state index contributed by atoms with van der Waals surface area (Å²) in [4.78, 5) is 31.5. The molecule has 0 aliphatic carbocycles. The molecule has 2 aromatic rings. The lowest BCUT2D eigenvalue weighted by Gasteiger charge is -2.25. The summed E-state index contributed by atoms with van der Waals surface area (Å²) >= 11 is 0. The van der Waals surface area contributed by atoms with Gasteiger partial charge in [-0.2, -0.15) is 0 Å². The molecule has 1 N–H and O–H groups in total. The Labute approximate surface area is 166 Å². The molecule has 1 fully saturated rings. The number of rotatable bonds is 7. The minimum Gasteiger partial charge on any atom is -0.307 e. The molecule has 3 rings (SSSR count). The summed E-state index contributed by atoms with van der Waals surface area (Å²) in [6.07, 6.45) is 2.65. The Morgan fingerprint density at radius 3 is 2.43 bits per heavy atom. The molecule has 28 heavy (non-hydrogen) atoms. The molecule has 1 aliphatic rings. The number of carbonyl (C=O) groups is 2. The zero-order valence-corrected chi connectivity index (χ0v) is 16.6. The average Bonchev–Trinajstić information content (AvgIpc) is 3.11. The number of carbonyl (C=O) groups excluding carboxylic acids is 2. The molecule has 1 aromatic heterocycles. The van der Waals surface area contributed by atoms with Gasteiger partial charge in [-0.3, -0.25) is 24.4 Å². The van der Waals surface area contributed by atoms with E-state index in [2.05, 4.69) is 39.5 Å². The van der Waals surface area contributed by atoms with E-state index in [9.17, 15) is 9.59 Å². The van der Waals surface area contributed by atoms with E-state index >= 15 is 0 Å². The van der Waals surface area contributed by atoms with Crippen molar-refractivity contribution in [3.05, 3.63) is 65.5 Å². The SMILES string of the molecule is CC(=O)N(C(C)=O)C1CCN(Cc2ccc(CNCc3ccccn3)cc2)C1. The molecule has 0 bridgehead atoms. The number of nitrogens with one attached hydrogen (secondary N) is 1. The highest BCUT2D eigenvalue weighted by molar-refractivity contribution is 5.93. The molecule has 0 saturated carbocycles. The van der Waals surface area contributed by atoms with E-state index in [1.54, 1.807) is 6.20 Å². The fraction of sp³-hybridized carbons (Fsp3) is 0.409. The molecule has 0 spiro atoms. The standard InChI is InChI=1S/C22H28N4O2/c1-17(27)26(18(2)28)22-10-12-25(16-22)15-20-8-6-19(7-9-20)13-23-14-21-5-3-4-11-24-21/h3-9,11,22-23H,10,12-16H2,1-2H3. The van der Waals surface area contributed by atoms with Crippen molar-refractivity contribution in [3.8, 4) is 0 Å². The van der Waals surface area contributed by atoms with Crippen LogP contribution in [0.15, 0.2) is 48.7 Å². The van der Waals surface area contributed by atoms with Crippen LogP contribution in [0.3, 0.4) is 0 Å². The van der Waals surface area contributed by atoms with Crippen molar-refractivity contribution in [2.75, 3.05) is 13.1 Å². The van der Waals surface area contributed by atoms with Crippen LogP contribution in [0, 0.1) is 0 Å². The van der Waals surface area contributed by atoms with Crippen molar-refractivity contribution in [1.82, 2.24) is 20.1 Å². The Balaban J connectivity index is 1.47. The Hall–Kier alpha value is -2.57. The molecule has 1 aliphatic heterocycles. The summed E-state index contributed by atoms with van der Waals surface area (Å²) in [6, 6.07) is 14.5. The molecule has 1 saturated heterocycles. The second-order valence-corrected chi connectivity index (χ2v) is 7.33. The first-order valence-corrected chi connectivity index (χ1v) is 9.74. The fourth-order valence-electron chi connectivity index (χ4n) is 3.76. The van der Waals surface area contributed by atoms with Crippen LogP contribution in [-0.2, 0) is 29.2 Å². The highest BCUT2D eigenvalue weighted by Gasteiger charge is 2.31. The van der Waals surface area contributed by atoms with Gasteiger partial charge in [0, 0.05) is 52.8 Å². The Morgan fingerprint density at radius 2 is 1.79 bits per heavy atom. The van der Waals surface area contributed by atoms with Crippen molar-refractivity contribution in [2.24, 2.45) is 0 Å². The Bertz CT molecular complexity index is 778. The van der Waals surface area contributed by atoms with E-state index in [0.717, 1.165) is 44.8 Å². The van der Waals surface area contributed by atoms with Gasteiger partial charge < -0.3 is 5.32 Å². The van der Waals surface area contributed by atoms with E-state index in [4.69, 9.17) is 0 Å². The second kappa shape index (κ2) is 9.57. The van der Waals surface area contributed by atoms with Crippen LogP contribution in [0.4, 0.5) is 0 Å². The number of pyridine rings is 1. The van der Waals surface area contributed by atoms with Gasteiger partial charge in [-0.05, 0) is 29.7 Å². The van der Waals surface area contributed by atoms with Gasteiger partial charge in [-0.15, -0.1) is 0 Å². The van der Waals surface area contributed by atoms with Gasteiger partial charge in [-0.1, -0.05) is 30.3 Å². The lowest BCUT2D eigenvalue weighted by atomic mass is 10.1. The van der Waals surface area contributed by atoms with Crippen LogP contribution in [0.2, 0.25) is 0 Å². The minimum atomic E-state index is -0.165. The molecule has 0 radical (unpaired) electrons. The predicted octanol–water partition coefficient (Wildman–Crippen LogP) is 2.34. The van der Waals surface area contributed by atoms with E-state index in [-0.39, 0.29) is 17.9 Å². The molecule has 1 atom stereocenters. The number of likely N-dealkylation sites (tertiary alicyclic amines) is 1. The van der Waals surface area contributed by atoms with Gasteiger partial charge >= 0.3 is 0 Å². The van der Waals surface area contributed by atoms with E-state index in [0.29, 0.717) is 0 Å². The molecule has 6 nitrogen and oxygen atoms in total. The van der Waals surface area contributed by atoms with Crippen LogP contribution >= 0.6 is 0 Å². The maximum atomic E-state index is 11.7. The van der Waals surface area contributed by atoms with E-state index in [1.165, 1.54) is 29.9 Å². The maximum absolute atomic E-state index is 11.7. The zero-order valence-electron chi connectivity index (χ0n) is 16.6. The van der Waals surface area contributed by atoms with Crippen molar-refractivity contribution in [3.63, 3.8) is 0 Å². The molecule has 2 amide bonds. The van der Waals surface area contributed by atoms with Crippen molar-refractivity contribution in [1.29, 1.82) is 0 Å². The number of hydrogen-bond acceptors (Lipinski definition) is 5. The number of hydrogen-bond donors (Lipinski definition) is 1. The van der Waals surface area contributed by atoms with E-state index < -0.39 is 0 Å². The maximum Gasteiger partial charge on any atom is 0.226 e. The first-order valence-electron chi connectivity index (χ1n) is 9.74. The second-order valence-electron chi connectivity index (χ2n) is 7.33. The third-order valence-corrected chi connectivity index (χ3v) is 5.08. The molecule has 1 aromatic carbocycles. The van der Waals surface area contributed by atoms with Gasteiger partial charge in [0.1, 0.15) is 0 Å². The largest absolute Gasteiger partial charge is 0.307 e. The van der Waals surface area contributed by atoms with Gasteiger partial charge in [-0.25, -0.2) is 0 Å². The summed E-state index contributed by atoms with van der Waals surface area (Å²) in [5, 5.41) is 3.41. The molecule has 2 heterocycles.